The van der Waals surface area contributed by atoms with Gasteiger partial charge < -0.3 is 9.47 Å². The van der Waals surface area contributed by atoms with Crippen LogP contribution in [0, 0.1) is 6.92 Å². The summed E-state index contributed by atoms with van der Waals surface area (Å²) in [7, 11) is 2.78. The number of halogens is 1. The zero-order chi connectivity index (χ0) is 20.4. The Morgan fingerprint density at radius 1 is 1.00 bits per heavy atom. The van der Waals surface area contributed by atoms with Crippen LogP contribution in [0.4, 0.5) is 10.5 Å². The zero-order valence-corrected chi connectivity index (χ0v) is 16.2. The molecule has 2 aromatic carbocycles. The number of benzene rings is 2. The number of aryl methyl sites for hydroxylation is 1. The number of rotatable bonds is 4. The van der Waals surface area contributed by atoms with Crippen molar-refractivity contribution < 1.29 is 23.9 Å². The largest absolute Gasteiger partial charge is 0.495 e. The van der Waals surface area contributed by atoms with Gasteiger partial charge in [-0.2, -0.15) is 0 Å². The predicted molar refractivity (Wildman–Crippen MR) is 105 cm³/mol. The molecular weight excluding hydrogens is 384 g/mol. The first-order valence-electron chi connectivity index (χ1n) is 8.25. The Bertz CT molecular complexity index is 998. The van der Waals surface area contributed by atoms with Crippen molar-refractivity contribution in [2.24, 2.45) is 0 Å². The van der Waals surface area contributed by atoms with E-state index in [4.69, 9.17) is 21.1 Å². The van der Waals surface area contributed by atoms with Crippen molar-refractivity contribution in [2.75, 3.05) is 19.1 Å². The van der Waals surface area contributed by atoms with E-state index in [9.17, 15) is 14.4 Å². The fraction of sp³-hybridized carbons (Fsp3) is 0.150. The van der Waals surface area contributed by atoms with Gasteiger partial charge in [0.15, 0.2) is 0 Å². The molecule has 1 saturated heterocycles. The summed E-state index contributed by atoms with van der Waals surface area (Å²) < 4.78 is 10.4. The Morgan fingerprint density at radius 2 is 1.64 bits per heavy atom. The second-order valence-electron chi connectivity index (χ2n) is 6.03. The highest BCUT2D eigenvalue weighted by atomic mass is 35.5. The average Bonchev–Trinajstić information content (AvgIpc) is 2.67. The van der Waals surface area contributed by atoms with Crippen molar-refractivity contribution in [3.8, 4) is 11.5 Å². The molecule has 144 valence electrons. The van der Waals surface area contributed by atoms with Crippen LogP contribution in [0.1, 0.15) is 11.1 Å². The van der Waals surface area contributed by atoms with E-state index in [1.165, 1.54) is 32.4 Å². The molecule has 1 aliphatic rings. The number of hydrogen-bond acceptors (Lipinski definition) is 5. The highest BCUT2D eigenvalue weighted by molar-refractivity contribution is 6.39. The van der Waals surface area contributed by atoms with E-state index in [1.54, 1.807) is 12.1 Å². The normalized spacial score (nSPS) is 15.6. The molecule has 0 radical (unpaired) electrons. The summed E-state index contributed by atoms with van der Waals surface area (Å²) in [5.74, 6) is -1.12. The first-order chi connectivity index (χ1) is 13.3. The Kier molecular flexibility index (Phi) is 5.37. The fourth-order valence-electron chi connectivity index (χ4n) is 2.72. The van der Waals surface area contributed by atoms with Crippen molar-refractivity contribution in [3.05, 3.63) is 58.1 Å². The monoisotopic (exact) mass is 400 g/mol. The summed E-state index contributed by atoms with van der Waals surface area (Å²) in [6.45, 7) is 1.93. The molecule has 4 amide bonds. The van der Waals surface area contributed by atoms with Crippen molar-refractivity contribution in [2.45, 2.75) is 6.92 Å². The lowest BCUT2D eigenvalue weighted by molar-refractivity contribution is -0.122. The summed E-state index contributed by atoms with van der Waals surface area (Å²) in [6, 6.07) is 9.19. The number of carbonyl (C=O) groups excluding carboxylic acids is 3. The number of nitrogens with zero attached hydrogens (tertiary/aromatic N) is 1. The zero-order valence-electron chi connectivity index (χ0n) is 15.4. The molecule has 8 heteroatoms. The number of nitrogens with one attached hydrogen (secondary N) is 1. The molecule has 7 nitrogen and oxygen atoms in total. The van der Waals surface area contributed by atoms with Crippen LogP contribution >= 0.6 is 11.6 Å². The number of methoxy groups -OCH3 is 2. The Morgan fingerprint density at radius 3 is 2.25 bits per heavy atom. The van der Waals surface area contributed by atoms with Crippen LogP contribution in [0.2, 0.25) is 5.02 Å². The molecule has 0 aliphatic carbocycles. The molecule has 1 N–H and O–H groups in total. The second kappa shape index (κ2) is 7.74. The summed E-state index contributed by atoms with van der Waals surface area (Å²) in [5.41, 5.74) is 1.61. The van der Waals surface area contributed by atoms with E-state index in [1.807, 2.05) is 19.1 Å². The first kappa shape index (κ1) is 19.4. The second-order valence-corrected chi connectivity index (χ2v) is 6.43. The number of ether oxygens (including phenoxy) is 2. The molecule has 28 heavy (non-hydrogen) atoms. The topological polar surface area (TPSA) is 84.9 Å². The number of amides is 4. The standard InChI is InChI=1S/C20H17ClN2O5/c1-11-4-6-12(7-5-11)8-13-18(24)22-20(26)23(19(13)25)15-10-16(27-2)14(21)9-17(15)28-3/h4-10H,1-3H3,(H,22,24,26)/b13-8+. The summed E-state index contributed by atoms with van der Waals surface area (Å²) in [5, 5.41) is 2.42. The first-order valence-corrected chi connectivity index (χ1v) is 8.63. The molecule has 1 heterocycles. The number of hydrogen-bond donors (Lipinski definition) is 1. The molecule has 1 aliphatic heterocycles. The van der Waals surface area contributed by atoms with E-state index in [-0.39, 0.29) is 27.8 Å². The Hall–Kier alpha value is -3.32. The third-order valence-electron chi connectivity index (χ3n) is 4.18. The van der Waals surface area contributed by atoms with Gasteiger partial charge in [0.05, 0.1) is 24.9 Å². The summed E-state index contributed by atoms with van der Waals surface area (Å²) in [6.07, 6.45) is 1.43. The van der Waals surface area contributed by atoms with Gasteiger partial charge in [-0.15, -0.1) is 0 Å². The minimum Gasteiger partial charge on any atom is -0.495 e. The van der Waals surface area contributed by atoms with Crippen LogP contribution in [0.25, 0.3) is 6.08 Å². The van der Waals surface area contributed by atoms with Crippen molar-refractivity contribution in [1.29, 1.82) is 0 Å². The highest BCUT2D eigenvalue weighted by Crippen LogP contribution is 2.39. The SMILES string of the molecule is COc1cc(N2C(=O)NC(=O)/C(=C\c3ccc(C)cc3)C2=O)c(OC)cc1Cl. The van der Waals surface area contributed by atoms with E-state index in [2.05, 4.69) is 5.32 Å². The van der Waals surface area contributed by atoms with Crippen LogP contribution in [0.3, 0.4) is 0 Å². The van der Waals surface area contributed by atoms with Gasteiger partial charge in [0.25, 0.3) is 11.8 Å². The van der Waals surface area contributed by atoms with Crippen LogP contribution in [-0.2, 0) is 9.59 Å². The number of urea groups is 1. The number of barbiturate groups is 1. The van der Waals surface area contributed by atoms with Crippen LogP contribution < -0.4 is 19.7 Å². The maximum atomic E-state index is 13.0. The minimum atomic E-state index is -0.890. The van der Waals surface area contributed by atoms with Gasteiger partial charge >= 0.3 is 6.03 Å². The highest BCUT2D eigenvalue weighted by Gasteiger charge is 2.38. The average molecular weight is 401 g/mol. The van der Waals surface area contributed by atoms with Gasteiger partial charge in [-0.3, -0.25) is 14.9 Å². The maximum Gasteiger partial charge on any atom is 0.336 e. The van der Waals surface area contributed by atoms with E-state index < -0.39 is 17.8 Å². The molecule has 0 atom stereocenters. The molecule has 0 aromatic heterocycles. The van der Waals surface area contributed by atoms with Crippen LogP contribution in [0.5, 0.6) is 11.5 Å². The van der Waals surface area contributed by atoms with Crippen molar-refractivity contribution in [1.82, 2.24) is 5.32 Å². The molecule has 2 aromatic rings. The number of anilines is 1. The van der Waals surface area contributed by atoms with E-state index in [0.29, 0.717) is 5.56 Å². The van der Waals surface area contributed by atoms with Gasteiger partial charge in [0.1, 0.15) is 17.1 Å². The molecule has 0 unspecified atom stereocenters. The third-order valence-corrected chi connectivity index (χ3v) is 4.48. The lowest BCUT2D eigenvalue weighted by Gasteiger charge is -2.28. The van der Waals surface area contributed by atoms with Gasteiger partial charge in [-0.05, 0) is 18.6 Å². The van der Waals surface area contributed by atoms with Crippen LogP contribution in [-0.4, -0.2) is 32.1 Å². The lowest BCUT2D eigenvalue weighted by atomic mass is 10.1. The van der Waals surface area contributed by atoms with Gasteiger partial charge in [0, 0.05) is 12.1 Å². The molecule has 0 bridgehead atoms. The summed E-state index contributed by atoms with van der Waals surface area (Å²) in [4.78, 5) is 38.5. The molecule has 1 fully saturated rings. The smallest absolute Gasteiger partial charge is 0.336 e. The maximum absolute atomic E-state index is 13.0. The third kappa shape index (κ3) is 3.57. The molecule has 0 saturated carbocycles. The van der Waals surface area contributed by atoms with Gasteiger partial charge in [0.2, 0.25) is 0 Å². The summed E-state index contributed by atoms with van der Waals surface area (Å²) >= 11 is 6.09. The van der Waals surface area contributed by atoms with E-state index >= 15 is 0 Å². The lowest BCUT2D eigenvalue weighted by Crippen LogP contribution is -2.54. The van der Waals surface area contributed by atoms with Crippen molar-refractivity contribution >= 4 is 41.2 Å². The number of carbonyl (C=O) groups is 3. The molecule has 3 rings (SSSR count). The minimum absolute atomic E-state index is 0.105. The van der Waals surface area contributed by atoms with Crippen molar-refractivity contribution in [3.63, 3.8) is 0 Å². The quantitative estimate of drug-likeness (QED) is 0.628. The Balaban J connectivity index is 2.09. The van der Waals surface area contributed by atoms with Gasteiger partial charge in [-0.1, -0.05) is 41.4 Å². The van der Waals surface area contributed by atoms with Crippen LogP contribution in [0.15, 0.2) is 42.0 Å². The molecule has 0 spiro atoms. The predicted octanol–water partition coefficient (Wildman–Crippen LogP) is 3.33. The Labute approximate surface area is 166 Å². The van der Waals surface area contributed by atoms with Gasteiger partial charge in [-0.25, -0.2) is 9.69 Å². The number of imide groups is 2. The molecular formula is C20H17ClN2O5. The fourth-order valence-corrected chi connectivity index (χ4v) is 2.96. The van der Waals surface area contributed by atoms with E-state index in [0.717, 1.165) is 10.5 Å².